The van der Waals surface area contributed by atoms with E-state index in [0.717, 1.165) is 0 Å². The maximum absolute atomic E-state index is 10.6. The average molecular weight is 658 g/mol. The summed E-state index contributed by atoms with van der Waals surface area (Å²) in [6, 6.07) is 65.0. The minimum absolute atomic E-state index is 0. The van der Waals surface area contributed by atoms with E-state index in [4.69, 9.17) is 9.90 Å². The van der Waals surface area contributed by atoms with E-state index in [-0.39, 0.29) is 6.15 Å². The molecule has 0 amide bonds. The van der Waals surface area contributed by atoms with Crippen LogP contribution in [-0.4, -0.2) is 17.3 Å². The van der Waals surface area contributed by atoms with Crippen molar-refractivity contribution in [1.29, 1.82) is 0 Å². The van der Waals surface area contributed by atoms with E-state index in [9.17, 15) is 13.2 Å². The van der Waals surface area contributed by atoms with Gasteiger partial charge >= 0.3 is 12.1 Å². The standard InChI is InChI=1S/2C18H15P.C2HF3O2.H3N/c2*1-4-10-16(11-5-1)19(17-12-6-2-7-13-17)18-14-8-3-9-15-18;3-2(4,5)1(6)7;/h2*1-15H;(H,6,7);1H3/p+2. The fourth-order valence-electron chi connectivity index (χ4n) is 4.63. The molecule has 46 heavy (non-hydrogen) atoms. The topological polar surface area (TPSA) is 72.3 Å². The van der Waals surface area contributed by atoms with Gasteiger partial charge in [-0.2, -0.15) is 13.2 Å². The summed E-state index contributed by atoms with van der Waals surface area (Å²) in [5.74, 6) is -2.76. The Kier molecular flexibility index (Phi) is 14.3. The van der Waals surface area contributed by atoms with Crippen LogP contribution in [0.1, 0.15) is 0 Å². The van der Waals surface area contributed by atoms with Crippen LogP contribution < -0.4 is 38.0 Å². The smallest absolute Gasteiger partial charge is 0.475 e. The van der Waals surface area contributed by atoms with Crippen LogP contribution in [0, 0.1) is 0 Å². The van der Waals surface area contributed by atoms with E-state index in [2.05, 4.69) is 182 Å². The van der Waals surface area contributed by atoms with Gasteiger partial charge in [-0.1, -0.05) is 109 Å². The highest BCUT2D eigenvalue weighted by Gasteiger charge is 2.38. The Balaban J connectivity index is 0.000000205. The van der Waals surface area contributed by atoms with Gasteiger partial charge in [0, 0.05) is 0 Å². The first-order chi connectivity index (χ1) is 21.8. The van der Waals surface area contributed by atoms with Crippen molar-refractivity contribution < 1.29 is 23.1 Å². The van der Waals surface area contributed by atoms with Gasteiger partial charge in [0.15, 0.2) is 0 Å². The lowest BCUT2D eigenvalue weighted by Gasteiger charge is -2.10. The summed E-state index contributed by atoms with van der Waals surface area (Å²) in [5.41, 5.74) is 0. The van der Waals surface area contributed by atoms with Crippen LogP contribution >= 0.6 is 15.8 Å². The number of hydrogen-bond donors (Lipinski definition) is 2. The third-order valence-electron chi connectivity index (χ3n) is 6.62. The number of carboxylic acid groups (broad SMARTS) is 1. The molecule has 8 heteroatoms. The molecule has 0 saturated heterocycles. The van der Waals surface area contributed by atoms with Crippen LogP contribution in [0.5, 0.6) is 0 Å². The molecule has 6 aromatic carbocycles. The van der Waals surface area contributed by atoms with E-state index < -0.39 is 28.0 Å². The summed E-state index contributed by atoms with van der Waals surface area (Å²) in [6.45, 7) is 0. The van der Waals surface area contributed by atoms with Crippen molar-refractivity contribution in [2.45, 2.75) is 6.18 Å². The average Bonchev–Trinajstić information content (AvgIpc) is 3.08. The highest BCUT2D eigenvalue weighted by Crippen LogP contribution is 2.33. The van der Waals surface area contributed by atoms with Crippen LogP contribution in [0.3, 0.4) is 0 Å². The first-order valence-corrected chi connectivity index (χ1v) is 17.2. The molecule has 6 rings (SSSR count). The minimum Gasteiger partial charge on any atom is -0.475 e. The van der Waals surface area contributed by atoms with Crippen molar-refractivity contribution in [3.05, 3.63) is 182 Å². The van der Waals surface area contributed by atoms with Gasteiger partial charge in [-0.05, 0) is 72.8 Å². The maximum Gasteiger partial charge on any atom is 0.490 e. The van der Waals surface area contributed by atoms with Crippen molar-refractivity contribution in [2.75, 3.05) is 0 Å². The molecular formula is C38H36F3NO2P2+2. The lowest BCUT2D eigenvalue weighted by atomic mass is 10.4. The SMILES string of the molecule is N.O=C(O)C(F)(F)F.c1ccc([PH+](c2ccccc2)c2ccccc2)cc1.c1ccc([PH+](c2ccccc2)c2ccccc2)cc1. The van der Waals surface area contributed by atoms with Crippen LogP contribution in [0.15, 0.2) is 182 Å². The number of aliphatic carboxylic acids is 1. The predicted octanol–water partition coefficient (Wildman–Crippen LogP) is 7.15. The van der Waals surface area contributed by atoms with E-state index in [1.54, 1.807) is 0 Å². The monoisotopic (exact) mass is 657 g/mol. The number of alkyl halides is 3. The van der Waals surface area contributed by atoms with Gasteiger partial charge in [0.25, 0.3) is 0 Å². The second-order valence-corrected chi connectivity index (χ2v) is 14.7. The Morgan fingerprint density at radius 2 is 0.522 bits per heavy atom. The van der Waals surface area contributed by atoms with Gasteiger partial charge in [-0.25, -0.2) is 4.79 Å². The lowest BCUT2D eigenvalue weighted by molar-refractivity contribution is -0.192. The van der Waals surface area contributed by atoms with Crippen molar-refractivity contribution in [3.63, 3.8) is 0 Å². The molecule has 0 bridgehead atoms. The van der Waals surface area contributed by atoms with Gasteiger partial charge < -0.3 is 11.3 Å². The zero-order chi connectivity index (χ0) is 31.9. The fraction of sp³-hybridized carbons (Fsp3) is 0.0263. The zero-order valence-electron chi connectivity index (χ0n) is 25.0. The molecule has 0 fully saturated rings. The van der Waals surface area contributed by atoms with E-state index in [1.165, 1.54) is 31.8 Å². The van der Waals surface area contributed by atoms with Crippen LogP contribution in [-0.2, 0) is 4.79 Å². The Labute approximate surface area is 270 Å². The first-order valence-electron chi connectivity index (χ1n) is 14.2. The number of halogens is 3. The fourth-order valence-corrected chi connectivity index (χ4v) is 9.78. The van der Waals surface area contributed by atoms with Gasteiger partial charge in [0.05, 0.1) is 15.8 Å². The zero-order valence-corrected chi connectivity index (χ0v) is 27.0. The molecule has 6 aromatic rings. The molecule has 0 saturated carbocycles. The summed E-state index contributed by atoms with van der Waals surface area (Å²) < 4.78 is 31.7. The molecule has 0 radical (unpaired) electrons. The maximum atomic E-state index is 10.6. The summed E-state index contributed by atoms with van der Waals surface area (Å²) >= 11 is 0. The quantitative estimate of drug-likeness (QED) is 0.187. The van der Waals surface area contributed by atoms with Gasteiger partial charge in [-0.3, -0.25) is 0 Å². The summed E-state index contributed by atoms with van der Waals surface area (Å²) in [4.78, 5) is 8.90. The molecular weight excluding hydrogens is 621 g/mol. The van der Waals surface area contributed by atoms with Crippen molar-refractivity contribution >= 4 is 53.6 Å². The third kappa shape index (κ3) is 10.8. The largest absolute Gasteiger partial charge is 0.490 e. The molecule has 0 aromatic heterocycles. The van der Waals surface area contributed by atoms with Crippen molar-refractivity contribution in [1.82, 2.24) is 6.15 Å². The second kappa shape index (κ2) is 18.4. The third-order valence-corrected chi connectivity index (χ3v) is 12.1. The number of carbonyl (C=O) groups is 1. The molecule has 0 unspecified atom stereocenters. The molecule has 3 nitrogen and oxygen atoms in total. The van der Waals surface area contributed by atoms with Crippen molar-refractivity contribution in [2.24, 2.45) is 0 Å². The Hall–Kier alpha value is -4.60. The molecule has 0 aliphatic carbocycles. The molecule has 0 heterocycles. The van der Waals surface area contributed by atoms with E-state index in [0.29, 0.717) is 0 Å². The van der Waals surface area contributed by atoms with E-state index in [1.807, 2.05) is 0 Å². The Bertz CT molecular complexity index is 1390. The number of hydrogen-bond acceptors (Lipinski definition) is 2. The lowest BCUT2D eigenvalue weighted by Crippen LogP contribution is -2.21. The number of carboxylic acids is 1. The molecule has 0 atom stereocenters. The van der Waals surface area contributed by atoms with Gasteiger partial charge in [-0.15, -0.1) is 0 Å². The van der Waals surface area contributed by atoms with Crippen LogP contribution in [0.4, 0.5) is 13.2 Å². The Morgan fingerprint density at radius 1 is 0.391 bits per heavy atom. The molecule has 0 spiro atoms. The number of benzene rings is 6. The minimum atomic E-state index is -5.08. The number of rotatable bonds is 6. The Morgan fingerprint density at radius 3 is 0.630 bits per heavy atom. The predicted molar refractivity (Wildman–Crippen MR) is 192 cm³/mol. The summed E-state index contributed by atoms with van der Waals surface area (Å²) in [5, 5.41) is 15.7. The summed E-state index contributed by atoms with van der Waals surface area (Å²) in [7, 11) is -1.75. The highest BCUT2D eigenvalue weighted by atomic mass is 31.1. The molecule has 0 aliphatic rings. The molecule has 234 valence electrons. The van der Waals surface area contributed by atoms with Gasteiger partial charge in [0.2, 0.25) is 0 Å². The molecule has 4 N–H and O–H groups in total. The normalized spacial score (nSPS) is 10.5. The van der Waals surface area contributed by atoms with Crippen LogP contribution in [0.2, 0.25) is 0 Å². The van der Waals surface area contributed by atoms with Crippen LogP contribution in [0.25, 0.3) is 0 Å². The highest BCUT2D eigenvalue weighted by molar-refractivity contribution is 7.80. The van der Waals surface area contributed by atoms with Gasteiger partial charge in [0.1, 0.15) is 31.8 Å². The second-order valence-electron chi connectivity index (χ2n) is 9.75. The molecule has 0 aliphatic heterocycles. The summed E-state index contributed by atoms with van der Waals surface area (Å²) in [6.07, 6.45) is -5.08. The first kappa shape index (κ1) is 35.9. The van der Waals surface area contributed by atoms with Crippen molar-refractivity contribution in [3.8, 4) is 0 Å². The van der Waals surface area contributed by atoms with E-state index >= 15 is 0 Å².